The molecule has 0 bridgehead atoms. The van der Waals surface area contributed by atoms with Gasteiger partial charge in [-0.1, -0.05) is 29.0 Å². The second kappa shape index (κ2) is 6.24. The third-order valence-electron chi connectivity index (χ3n) is 2.75. The summed E-state index contributed by atoms with van der Waals surface area (Å²) in [4.78, 5) is 27.6. The molecule has 0 unspecified atom stereocenters. The summed E-state index contributed by atoms with van der Waals surface area (Å²) in [7, 11) is 1.25. The summed E-state index contributed by atoms with van der Waals surface area (Å²) < 4.78 is 4.63. The molecule has 2 rings (SSSR count). The van der Waals surface area contributed by atoms with Gasteiger partial charge in [0.1, 0.15) is 4.88 Å². The number of benzene rings is 1. The van der Waals surface area contributed by atoms with Crippen molar-refractivity contribution in [1.82, 2.24) is 4.98 Å². The van der Waals surface area contributed by atoms with E-state index in [2.05, 4.69) is 15.0 Å². The number of hydrogen-bond donors (Lipinski definition) is 1. The van der Waals surface area contributed by atoms with E-state index in [4.69, 9.17) is 11.6 Å². The fourth-order valence-corrected chi connectivity index (χ4v) is 2.69. The van der Waals surface area contributed by atoms with E-state index < -0.39 is 5.97 Å². The third kappa shape index (κ3) is 3.40. The molecule has 110 valence electrons. The van der Waals surface area contributed by atoms with Gasteiger partial charge in [-0.15, -0.1) is 0 Å². The number of ether oxygens (including phenoxy) is 1. The molecule has 0 atom stereocenters. The molecule has 1 heterocycles. The second-order valence-corrected chi connectivity index (χ2v) is 5.74. The van der Waals surface area contributed by atoms with Crippen LogP contribution in [-0.2, 0) is 4.74 Å². The van der Waals surface area contributed by atoms with Crippen LogP contribution in [0.1, 0.15) is 32.6 Å². The Balaban J connectivity index is 2.34. The molecule has 7 heteroatoms. The van der Waals surface area contributed by atoms with Crippen molar-refractivity contribution in [1.29, 1.82) is 0 Å². The molecule has 0 spiro atoms. The van der Waals surface area contributed by atoms with Gasteiger partial charge in [0, 0.05) is 17.6 Å². The number of nitrogens with one attached hydrogen (secondary N) is 1. The molecule has 0 saturated carbocycles. The van der Waals surface area contributed by atoms with E-state index in [1.54, 1.807) is 6.07 Å². The lowest BCUT2D eigenvalue weighted by atomic mass is 10.2. The predicted molar refractivity (Wildman–Crippen MR) is 82.9 cm³/mol. The van der Waals surface area contributed by atoms with E-state index in [0.29, 0.717) is 10.2 Å². The maximum atomic E-state index is 11.6. The summed E-state index contributed by atoms with van der Waals surface area (Å²) in [6.07, 6.45) is 0. The number of thiazole rings is 1. The van der Waals surface area contributed by atoms with Gasteiger partial charge < -0.3 is 10.1 Å². The monoisotopic (exact) mass is 324 g/mol. The number of nitrogens with zero attached hydrogens (tertiary/aromatic N) is 1. The number of halogens is 1. The number of methoxy groups -OCH3 is 1. The van der Waals surface area contributed by atoms with Crippen molar-refractivity contribution >= 4 is 45.5 Å². The molecule has 21 heavy (non-hydrogen) atoms. The van der Waals surface area contributed by atoms with Crippen LogP contribution in [0.5, 0.6) is 0 Å². The van der Waals surface area contributed by atoms with E-state index in [-0.39, 0.29) is 16.4 Å². The van der Waals surface area contributed by atoms with E-state index >= 15 is 0 Å². The Hall–Kier alpha value is -1.92. The molecule has 2 aromatic rings. The Morgan fingerprint density at radius 1 is 1.38 bits per heavy atom. The first-order valence-electron chi connectivity index (χ1n) is 6.05. The van der Waals surface area contributed by atoms with Crippen LogP contribution in [0.4, 0.5) is 10.8 Å². The summed E-state index contributed by atoms with van der Waals surface area (Å²) >= 11 is 7.16. The molecule has 0 aliphatic heterocycles. The van der Waals surface area contributed by atoms with Gasteiger partial charge in [0.15, 0.2) is 16.6 Å². The van der Waals surface area contributed by atoms with Crippen LogP contribution in [0.3, 0.4) is 0 Å². The molecule has 1 aromatic carbocycles. The number of aryl methyl sites for hydroxylation is 1. The van der Waals surface area contributed by atoms with Crippen molar-refractivity contribution < 1.29 is 14.3 Å². The average Bonchev–Trinajstić information content (AvgIpc) is 2.86. The Morgan fingerprint density at radius 3 is 2.67 bits per heavy atom. The zero-order chi connectivity index (χ0) is 15.6. The quantitative estimate of drug-likeness (QED) is 0.683. The van der Waals surface area contributed by atoms with Crippen molar-refractivity contribution in [3.05, 3.63) is 39.4 Å². The van der Waals surface area contributed by atoms with Gasteiger partial charge in [-0.05, 0) is 24.6 Å². The number of rotatable bonds is 4. The molecular formula is C14H13ClN2O3S. The fraction of sp³-hybridized carbons (Fsp3) is 0.214. The Kier molecular flexibility index (Phi) is 4.59. The fourth-order valence-electron chi connectivity index (χ4n) is 1.64. The van der Waals surface area contributed by atoms with E-state index in [0.717, 1.165) is 22.6 Å². The summed E-state index contributed by atoms with van der Waals surface area (Å²) in [6, 6.07) is 5.46. The van der Waals surface area contributed by atoms with Crippen molar-refractivity contribution in [2.45, 2.75) is 13.8 Å². The number of Topliss-reactive ketones (excluding diaryl/α,β-unsaturated/α-hetero) is 1. The molecule has 0 aliphatic rings. The Bertz CT molecular complexity index is 712. The number of hydrogen-bond acceptors (Lipinski definition) is 6. The number of carbonyl (C=O) groups excluding carboxylic acids is 2. The standard InChI is InChI=1S/C14H13ClN2O3S/c1-7-4-5-9(6-10(7)15)16-14-17-11(13(19)20-3)12(21-14)8(2)18/h4-6H,1-3H3,(H,16,17). The van der Waals surface area contributed by atoms with Gasteiger partial charge in [0.2, 0.25) is 0 Å². The Morgan fingerprint density at radius 2 is 2.10 bits per heavy atom. The summed E-state index contributed by atoms with van der Waals surface area (Å²) in [5.41, 5.74) is 1.71. The molecule has 0 fully saturated rings. The lowest BCUT2D eigenvalue weighted by Gasteiger charge is -2.04. The van der Waals surface area contributed by atoms with Crippen molar-refractivity contribution in [2.24, 2.45) is 0 Å². The predicted octanol–water partition coefficient (Wildman–Crippen LogP) is 3.84. The minimum atomic E-state index is -0.633. The maximum Gasteiger partial charge on any atom is 0.358 e. The van der Waals surface area contributed by atoms with Crippen LogP contribution in [0.15, 0.2) is 18.2 Å². The zero-order valence-corrected chi connectivity index (χ0v) is 13.3. The van der Waals surface area contributed by atoms with Crippen LogP contribution in [0.25, 0.3) is 0 Å². The first-order valence-corrected chi connectivity index (χ1v) is 7.25. The number of anilines is 2. The SMILES string of the molecule is COC(=O)c1nc(Nc2ccc(C)c(Cl)c2)sc1C(C)=O. The third-order valence-corrected chi connectivity index (χ3v) is 4.23. The van der Waals surface area contributed by atoms with E-state index in [1.807, 2.05) is 19.1 Å². The topological polar surface area (TPSA) is 68.3 Å². The number of aromatic nitrogens is 1. The highest BCUT2D eigenvalue weighted by molar-refractivity contribution is 7.17. The summed E-state index contributed by atoms with van der Waals surface area (Å²) in [6.45, 7) is 3.28. The van der Waals surface area contributed by atoms with Crippen LogP contribution in [0, 0.1) is 6.92 Å². The lowest BCUT2D eigenvalue weighted by Crippen LogP contribution is -2.07. The highest BCUT2D eigenvalue weighted by atomic mass is 35.5. The summed E-state index contributed by atoms with van der Waals surface area (Å²) in [5.74, 6) is -0.866. The average molecular weight is 325 g/mol. The zero-order valence-electron chi connectivity index (χ0n) is 11.7. The maximum absolute atomic E-state index is 11.6. The van der Waals surface area contributed by atoms with Crippen molar-refractivity contribution in [2.75, 3.05) is 12.4 Å². The first-order chi connectivity index (χ1) is 9.92. The van der Waals surface area contributed by atoms with Gasteiger partial charge in [0.25, 0.3) is 0 Å². The van der Waals surface area contributed by atoms with Gasteiger partial charge in [-0.25, -0.2) is 9.78 Å². The number of ketones is 1. The molecule has 0 aliphatic carbocycles. The number of esters is 1. The number of carbonyl (C=O) groups is 2. The minimum absolute atomic E-state index is 0.0238. The molecule has 0 radical (unpaired) electrons. The molecule has 5 nitrogen and oxygen atoms in total. The van der Waals surface area contributed by atoms with Crippen LogP contribution in [-0.4, -0.2) is 23.8 Å². The van der Waals surface area contributed by atoms with Gasteiger partial charge >= 0.3 is 5.97 Å². The molecule has 1 aromatic heterocycles. The molecule has 0 saturated heterocycles. The van der Waals surface area contributed by atoms with E-state index in [9.17, 15) is 9.59 Å². The van der Waals surface area contributed by atoms with Crippen LogP contribution in [0.2, 0.25) is 5.02 Å². The van der Waals surface area contributed by atoms with Gasteiger partial charge in [-0.3, -0.25) is 4.79 Å². The second-order valence-electron chi connectivity index (χ2n) is 4.33. The van der Waals surface area contributed by atoms with Gasteiger partial charge in [0.05, 0.1) is 7.11 Å². The molecule has 1 N–H and O–H groups in total. The molecule has 0 amide bonds. The minimum Gasteiger partial charge on any atom is -0.464 e. The normalized spacial score (nSPS) is 10.3. The van der Waals surface area contributed by atoms with Gasteiger partial charge in [-0.2, -0.15) is 0 Å². The van der Waals surface area contributed by atoms with Crippen LogP contribution >= 0.6 is 22.9 Å². The lowest BCUT2D eigenvalue weighted by molar-refractivity contribution is 0.0591. The van der Waals surface area contributed by atoms with Crippen molar-refractivity contribution in [3.8, 4) is 0 Å². The van der Waals surface area contributed by atoms with Crippen LogP contribution < -0.4 is 5.32 Å². The first kappa shape index (κ1) is 15.5. The highest BCUT2D eigenvalue weighted by Crippen LogP contribution is 2.28. The highest BCUT2D eigenvalue weighted by Gasteiger charge is 2.21. The smallest absolute Gasteiger partial charge is 0.358 e. The van der Waals surface area contributed by atoms with Crippen molar-refractivity contribution in [3.63, 3.8) is 0 Å². The van der Waals surface area contributed by atoms with E-state index in [1.165, 1.54) is 14.0 Å². The summed E-state index contributed by atoms with van der Waals surface area (Å²) in [5, 5.41) is 4.08. The largest absolute Gasteiger partial charge is 0.464 e. The molecular weight excluding hydrogens is 312 g/mol. The Labute approximate surface area is 130 Å².